The van der Waals surface area contributed by atoms with Crippen LogP contribution in [0, 0.1) is 5.82 Å². The number of oxazole rings is 1. The van der Waals surface area contributed by atoms with Crippen molar-refractivity contribution >= 4 is 23.0 Å². The summed E-state index contributed by atoms with van der Waals surface area (Å²) in [4.78, 5) is 8.69. The predicted molar refractivity (Wildman–Crippen MR) is 94.8 cm³/mol. The van der Waals surface area contributed by atoms with Gasteiger partial charge in [0.15, 0.2) is 5.58 Å². The molecule has 0 aliphatic heterocycles. The van der Waals surface area contributed by atoms with Gasteiger partial charge in [-0.1, -0.05) is 24.3 Å². The Hall–Kier alpha value is -3.47. The van der Waals surface area contributed by atoms with Gasteiger partial charge in [-0.2, -0.15) is 0 Å². The van der Waals surface area contributed by atoms with Gasteiger partial charge in [0.1, 0.15) is 17.1 Å². The van der Waals surface area contributed by atoms with Crippen molar-refractivity contribution in [2.75, 3.05) is 0 Å². The van der Waals surface area contributed by atoms with Crippen molar-refractivity contribution in [1.29, 1.82) is 0 Å². The summed E-state index contributed by atoms with van der Waals surface area (Å²) in [5.74, 6) is 0.0115. The molecule has 0 amide bonds. The van der Waals surface area contributed by atoms with E-state index >= 15 is 0 Å². The van der Waals surface area contributed by atoms with Crippen molar-refractivity contribution in [2.24, 2.45) is 4.99 Å². The van der Waals surface area contributed by atoms with Crippen molar-refractivity contribution in [3.8, 4) is 17.2 Å². The second kappa shape index (κ2) is 6.20. The number of para-hydroxylation sites is 1. The molecule has 0 saturated heterocycles. The lowest BCUT2D eigenvalue weighted by atomic mass is 10.2. The fourth-order valence-corrected chi connectivity index (χ4v) is 2.49. The van der Waals surface area contributed by atoms with Crippen molar-refractivity contribution in [3.05, 3.63) is 78.1 Å². The average Bonchev–Trinajstić information content (AvgIpc) is 3.04. The largest absolute Gasteiger partial charge is 0.507 e. The minimum Gasteiger partial charge on any atom is -0.507 e. The highest BCUT2D eigenvalue weighted by Gasteiger charge is 2.12. The number of nitrogens with zero attached hydrogens (tertiary/aromatic N) is 2. The first-order valence-corrected chi connectivity index (χ1v) is 7.68. The van der Waals surface area contributed by atoms with E-state index in [0.29, 0.717) is 27.9 Å². The van der Waals surface area contributed by atoms with Crippen molar-refractivity contribution in [3.63, 3.8) is 0 Å². The molecule has 0 atom stereocenters. The van der Waals surface area contributed by atoms with Crippen LogP contribution in [0.3, 0.4) is 0 Å². The molecule has 5 heteroatoms. The van der Waals surface area contributed by atoms with E-state index in [1.165, 1.54) is 6.07 Å². The van der Waals surface area contributed by atoms with Crippen LogP contribution >= 0.6 is 0 Å². The van der Waals surface area contributed by atoms with Gasteiger partial charge in [0.05, 0.1) is 11.3 Å². The lowest BCUT2D eigenvalue weighted by Crippen LogP contribution is -1.82. The van der Waals surface area contributed by atoms with Crippen molar-refractivity contribution < 1.29 is 13.9 Å². The number of fused-ring (bicyclic) bond motifs is 1. The van der Waals surface area contributed by atoms with Crippen molar-refractivity contribution in [2.45, 2.75) is 0 Å². The number of hydrogen-bond donors (Lipinski definition) is 1. The van der Waals surface area contributed by atoms with Gasteiger partial charge in [0.25, 0.3) is 0 Å². The smallest absolute Gasteiger partial charge is 0.230 e. The van der Waals surface area contributed by atoms with Gasteiger partial charge < -0.3 is 9.52 Å². The Kier molecular flexibility index (Phi) is 3.74. The van der Waals surface area contributed by atoms with Crippen LogP contribution < -0.4 is 0 Å². The number of phenols is 1. The number of aromatic hydroxyl groups is 1. The van der Waals surface area contributed by atoms with Crippen LogP contribution in [0.15, 0.2) is 76.1 Å². The summed E-state index contributed by atoms with van der Waals surface area (Å²) in [6.45, 7) is 0. The Morgan fingerprint density at radius 2 is 1.80 bits per heavy atom. The van der Waals surface area contributed by atoms with Crippen molar-refractivity contribution in [1.82, 2.24) is 4.98 Å². The van der Waals surface area contributed by atoms with E-state index in [9.17, 15) is 9.50 Å². The summed E-state index contributed by atoms with van der Waals surface area (Å²) in [5, 5.41) is 9.76. The summed E-state index contributed by atoms with van der Waals surface area (Å²) in [6, 6.07) is 18.5. The van der Waals surface area contributed by atoms with E-state index in [1.807, 2.05) is 6.07 Å². The Balaban J connectivity index is 1.69. The molecule has 1 heterocycles. The molecular weight excluding hydrogens is 319 g/mol. The predicted octanol–water partition coefficient (Wildman–Crippen LogP) is 5.09. The molecule has 4 rings (SSSR count). The summed E-state index contributed by atoms with van der Waals surface area (Å²) in [6.07, 6.45) is 1.58. The summed E-state index contributed by atoms with van der Waals surface area (Å²) < 4.78 is 19.5. The monoisotopic (exact) mass is 332 g/mol. The first kappa shape index (κ1) is 15.1. The van der Waals surface area contributed by atoms with Gasteiger partial charge in [-0.05, 0) is 42.5 Å². The Bertz CT molecular complexity index is 1090. The van der Waals surface area contributed by atoms with Gasteiger partial charge in [0.2, 0.25) is 5.89 Å². The molecule has 0 saturated carbocycles. The second-order valence-corrected chi connectivity index (χ2v) is 5.47. The van der Waals surface area contributed by atoms with Crippen LogP contribution in [-0.4, -0.2) is 16.3 Å². The van der Waals surface area contributed by atoms with E-state index in [2.05, 4.69) is 9.98 Å². The topological polar surface area (TPSA) is 58.6 Å². The van der Waals surface area contributed by atoms with E-state index in [0.717, 1.165) is 0 Å². The number of aliphatic imine (C=N–C) groups is 1. The van der Waals surface area contributed by atoms with Crippen LogP contribution in [-0.2, 0) is 0 Å². The molecule has 0 aliphatic rings. The van der Waals surface area contributed by atoms with E-state index in [4.69, 9.17) is 4.42 Å². The summed E-state index contributed by atoms with van der Waals surface area (Å²) in [5.41, 5.74) is 2.74. The number of phenolic OH excluding ortho intramolecular Hbond substituents is 1. The van der Waals surface area contributed by atoms with Gasteiger partial charge in [-0.25, -0.2) is 9.37 Å². The average molecular weight is 332 g/mol. The summed E-state index contributed by atoms with van der Waals surface area (Å²) >= 11 is 0. The highest BCUT2D eigenvalue weighted by molar-refractivity contribution is 5.87. The lowest BCUT2D eigenvalue weighted by molar-refractivity contribution is 0.474. The third kappa shape index (κ3) is 2.99. The van der Waals surface area contributed by atoms with Gasteiger partial charge in [-0.15, -0.1) is 0 Å². The molecule has 0 bridgehead atoms. The maximum Gasteiger partial charge on any atom is 0.230 e. The normalized spacial score (nSPS) is 11.4. The van der Waals surface area contributed by atoms with Crippen LogP contribution in [0.2, 0.25) is 0 Å². The van der Waals surface area contributed by atoms with E-state index in [-0.39, 0.29) is 17.5 Å². The van der Waals surface area contributed by atoms with Crippen LogP contribution in [0.1, 0.15) is 5.56 Å². The highest BCUT2D eigenvalue weighted by atomic mass is 19.1. The standard InChI is InChI=1S/C20H13FN2O2/c21-16-7-3-2-6-15(16)20-23-17-11-14(9-10-19(17)25-20)22-12-13-5-1-4-8-18(13)24/h1-12,24H. The first-order valence-electron chi connectivity index (χ1n) is 7.68. The SMILES string of the molecule is Oc1ccccc1C=Nc1ccc2oc(-c3ccccc3F)nc2c1. The molecule has 25 heavy (non-hydrogen) atoms. The molecule has 122 valence electrons. The number of aromatic nitrogens is 1. The zero-order valence-electron chi connectivity index (χ0n) is 13.1. The van der Waals surface area contributed by atoms with Crippen LogP contribution in [0.4, 0.5) is 10.1 Å². The highest BCUT2D eigenvalue weighted by Crippen LogP contribution is 2.28. The zero-order chi connectivity index (χ0) is 17.2. The first-order chi connectivity index (χ1) is 12.2. The molecule has 0 unspecified atom stereocenters. The number of halogens is 1. The number of rotatable bonds is 3. The molecule has 0 aliphatic carbocycles. The van der Waals surface area contributed by atoms with E-state index < -0.39 is 0 Å². The third-order valence-electron chi connectivity index (χ3n) is 3.76. The fourth-order valence-electron chi connectivity index (χ4n) is 2.49. The minimum absolute atomic E-state index is 0.163. The van der Waals surface area contributed by atoms with Gasteiger partial charge >= 0.3 is 0 Å². The number of hydrogen-bond acceptors (Lipinski definition) is 4. The maximum atomic E-state index is 13.9. The van der Waals surface area contributed by atoms with Crippen LogP contribution in [0.25, 0.3) is 22.6 Å². The number of benzene rings is 3. The Morgan fingerprint density at radius 1 is 1.00 bits per heavy atom. The molecular formula is C20H13FN2O2. The maximum absolute atomic E-state index is 13.9. The van der Waals surface area contributed by atoms with E-state index in [1.54, 1.807) is 60.8 Å². The van der Waals surface area contributed by atoms with Gasteiger partial charge in [0, 0.05) is 11.8 Å². The molecule has 4 aromatic rings. The quantitative estimate of drug-likeness (QED) is 0.532. The lowest BCUT2D eigenvalue weighted by Gasteiger charge is -1.97. The molecule has 0 fully saturated rings. The Labute approximate surface area is 142 Å². The summed E-state index contributed by atoms with van der Waals surface area (Å²) in [7, 11) is 0. The molecule has 1 N–H and O–H groups in total. The van der Waals surface area contributed by atoms with Crippen LogP contribution in [0.5, 0.6) is 5.75 Å². The molecule has 0 spiro atoms. The second-order valence-electron chi connectivity index (χ2n) is 5.47. The molecule has 1 aromatic heterocycles. The minimum atomic E-state index is -0.383. The zero-order valence-corrected chi connectivity index (χ0v) is 13.1. The third-order valence-corrected chi connectivity index (χ3v) is 3.76. The molecule has 4 nitrogen and oxygen atoms in total. The fraction of sp³-hybridized carbons (Fsp3) is 0. The molecule has 3 aromatic carbocycles. The molecule has 0 radical (unpaired) electrons. The van der Waals surface area contributed by atoms with Gasteiger partial charge in [-0.3, -0.25) is 4.99 Å². The Morgan fingerprint density at radius 3 is 2.64 bits per heavy atom.